The van der Waals surface area contributed by atoms with Crippen molar-refractivity contribution in [2.45, 2.75) is 38.0 Å². The lowest BCUT2D eigenvalue weighted by atomic mass is 9.88. The summed E-state index contributed by atoms with van der Waals surface area (Å²) in [5, 5.41) is 1.65. The van der Waals surface area contributed by atoms with Gasteiger partial charge in [-0.25, -0.2) is 9.59 Å². The molecule has 0 radical (unpaired) electrons. The Kier molecular flexibility index (Phi) is 8.66. The topological polar surface area (TPSA) is 55.8 Å². The van der Waals surface area contributed by atoms with Gasteiger partial charge in [0.25, 0.3) is 0 Å². The lowest BCUT2D eigenvalue weighted by Gasteiger charge is -2.24. The van der Waals surface area contributed by atoms with Crippen LogP contribution in [-0.2, 0) is 19.2 Å². The second-order valence-corrected chi connectivity index (χ2v) is 7.42. The Bertz CT molecular complexity index is 774. The van der Waals surface area contributed by atoms with E-state index in [1.807, 2.05) is 36.4 Å². The minimum Gasteiger partial charge on any atom is -0.463 e. The number of carbonyl (C=O) groups excluding carboxylic acids is 2. The van der Waals surface area contributed by atoms with Crippen molar-refractivity contribution in [3.8, 4) is 0 Å². The van der Waals surface area contributed by atoms with E-state index in [-0.39, 0.29) is 5.92 Å². The zero-order valence-electron chi connectivity index (χ0n) is 17.2. The number of hydroxylamine groups is 2. The van der Waals surface area contributed by atoms with Crippen molar-refractivity contribution in [1.82, 2.24) is 5.06 Å². The molecule has 0 bridgehead atoms. The summed E-state index contributed by atoms with van der Waals surface area (Å²) >= 11 is 0. The molecule has 0 N–H and O–H groups in total. The Hall–Kier alpha value is -2.92. The highest BCUT2D eigenvalue weighted by molar-refractivity contribution is 5.91. The molecule has 0 aliphatic carbocycles. The highest BCUT2D eigenvalue weighted by Crippen LogP contribution is 2.28. The number of piperidine rings is 1. The van der Waals surface area contributed by atoms with E-state index in [1.54, 1.807) is 5.06 Å². The third-order valence-electron chi connectivity index (χ3n) is 5.17. The average Bonchev–Trinajstić information content (AvgIpc) is 2.79. The first-order chi connectivity index (χ1) is 14.7. The third-order valence-corrected chi connectivity index (χ3v) is 5.17. The van der Waals surface area contributed by atoms with Gasteiger partial charge < -0.3 is 9.57 Å². The Labute approximate surface area is 178 Å². The molecular formula is C25H29NO4. The van der Waals surface area contributed by atoms with Crippen LogP contribution < -0.4 is 0 Å². The highest BCUT2D eigenvalue weighted by Gasteiger charge is 2.15. The molecule has 1 aliphatic rings. The van der Waals surface area contributed by atoms with Crippen LogP contribution >= 0.6 is 0 Å². The summed E-state index contributed by atoms with van der Waals surface area (Å²) in [5.41, 5.74) is 2.49. The van der Waals surface area contributed by atoms with Crippen molar-refractivity contribution in [3.05, 3.63) is 83.9 Å². The highest BCUT2D eigenvalue weighted by atomic mass is 16.7. The monoisotopic (exact) mass is 407 g/mol. The predicted octanol–water partition coefficient (Wildman–Crippen LogP) is 4.64. The maximum Gasteiger partial charge on any atom is 0.349 e. The van der Waals surface area contributed by atoms with E-state index in [0.29, 0.717) is 6.61 Å². The van der Waals surface area contributed by atoms with Gasteiger partial charge in [0, 0.05) is 31.2 Å². The molecule has 2 aromatic carbocycles. The van der Waals surface area contributed by atoms with E-state index in [2.05, 4.69) is 24.3 Å². The normalized spacial score (nSPS) is 14.7. The molecule has 1 fully saturated rings. The van der Waals surface area contributed by atoms with Crippen molar-refractivity contribution < 1.29 is 19.2 Å². The van der Waals surface area contributed by atoms with Crippen LogP contribution in [0.2, 0.25) is 0 Å². The Balaban J connectivity index is 1.43. The Morgan fingerprint density at radius 3 is 2.00 bits per heavy atom. The van der Waals surface area contributed by atoms with Gasteiger partial charge in [-0.2, -0.15) is 0 Å². The second kappa shape index (κ2) is 11.9. The van der Waals surface area contributed by atoms with Crippen LogP contribution in [-0.4, -0.2) is 36.7 Å². The Morgan fingerprint density at radius 2 is 1.40 bits per heavy atom. The van der Waals surface area contributed by atoms with Gasteiger partial charge in [-0.15, -0.1) is 5.06 Å². The lowest BCUT2D eigenvalue weighted by molar-refractivity contribution is -0.188. The quantitative estimate of drug-likeness (QED) is 0.344. The molecule has 0 amide bonds. The largest absolute Gasteiger partial charge is 0.463 e. The molecule has 0 atom stereocenters. The van der Waals surface area contributed by atoms with Crippen LogP contribution in [0.4, 0.5) is 0 Å². The lowest BCUT2D eigenvalue weighted by Crippen LogP contribution is -2.31. The van der Waals surface area contributed by atoms with Crippen molar-refractivity contribution in [2.75, 3.05) is 19.7 Å². The molecule has 1 heterocycles. The van der Waals surface area contributed by atoms with Gasteiger partial charge in [-0.1, -0.05) is 67.1 Å². The molecule has 158 valence electrons. The van der Waals surface area contributed by atoms with Gasteiger partial charge in [0.15, 0.2) is 0 Å². The van der Waals surface area contributed by atoms with Crippen molar-refractivity contribution in [2.24, 2.45) is 0 Å². The summed E-state index contributed by atoms with van der Waals surface area (Å²) in [6.07, 6.45) is 7.06. The minimum atomic E-state index is -0.540. The van der Waals surface area contributed by atoms with Gasteiger partial charge in [0.05, 0.1) is 6.61 Å². The fraction of sp³-hybridized carbons (Fsp3) is 0.360. The number of benzene rings is 2. The Morgan fingerprint density at radius 1 is 0.833 bits per heavy atom. The number of rotatable bonds is 9. The van der Waals surface area contributed by atoms with Crippen molar-refractivity contribution in [3.63, 3.8) is 0 Å². The molecule has 5 nitrogen and oxygen atoms in total. The van der Waals surface area contributed by atoms with E-state index in [1.165, 1.54) is 11.1 Å². The fourth-order valence-electron chi connectivity index (χ4n) is 3.65. The number of nitrogens with zero attached hydrogens (tertiary/aromatic N) is 1. The van der Waals surface area contributed by atoms with Crippen LogP contribution in [0.3, 0.4) is 0 Å². The molecule has 3 rings (SSSR count). The molecule has 0 unspecified atom stereocenters. The first kappa shape index (κ1) is 21.8. The molecule has 0 aromatic heterocycles. The number of hydrogen-bond donors (Lipinski definition) is 0. The van der Waals surface area contributed by atoms with E-state index in [4.69, 9.17) is 9.57 Å². The second-order valence-electron chi connectivity index (χ2n) is 7.42. The standard InChI is InChI=1S/C25H29NO4/c27-24(16-17-25(28)30-26-18-8-3-9-19-26)29-20-10-15-23(21-11-4-1-5-12-21)22-13-6-2-7-14-22/h1-2,4-7,11-14,16-17,23H,3,8-10,15,18-20H2/b17-16-. The van der Waals surface area contributed by atoms with Gasteiger partial charge in [-0.05, 0) is 36.8 Å². The van der Waals surface area contributed by atoms with E-state index >= 15 is 0 Å². The van der Waals surface area contributed by atoms with Crippen LogP contribution in [0.15, 0.2) is 72.8 Å². The van der Waals surface area contributed by atoms with E-state index < -0.39 is 11.9 Å². The zero-order chi connectivity index (χ0) is 21.0. The van der Waals surface area contributed by atoms with E-state index in [9.17, 15) is 9.59 Å². The first-order valence-corrected chi connectivity index (χ1v) is 10.6. The molecule has 5 heteroatoms. The van der Waals surface area contributed by atoms with Crippen molar-refractivity contribution >= 4 is 11.9 Å². The van der Waals surface area contributed by atoms with Crippen molar-refractivity contribution in [1.29, 1.82) is 0 Å². The molecule has 0 saturated carbocycles. The number of carbonyl (C=O) groups is 2. The van der Waals surface area contributed by atoms with Crippen LogP contribution in [0.5, 0.6) is 0 Å². The summed E-state index contributed by atoms with van der Waals surface area (Å²) in [5.74, 6) is -0.815. The number of esters is 1. The third kappa shape index (κ3) is 7.16. The summed E-state index contributed by atoms with van der Waals surface area (Å²) < 4.78 is 5.26. The molecule has 1 saturated heterocycles. The predicted molar refractivity (Wildman–Crippen MR) is 116 cm³/mol. The van der Waals surface area contributed by atoms with E-state index in [0.717, 1.165) is 57.3 Å². The fourth-order valence-corrected chi connectivity index (χ4v) is 3.65. The number of ether oxygens (including phenoxy) is 1. The molecular weight excluding hydrogens is 378 g/mol. The smallest absolute Gasteiger partial charge is 0.349 e. The minimum absolute atomic E-state index is 0.251. The number of hydrogen-bond acceptors (Lipinski definition) is 5. The van der Waals surface area contributed by atoms with Crippen LogP contribution in [0.1, 0.15) is 49.1 Å². The first-order valence-electron chi connectivity index (χ1n) is 10.6. The SMILES string of the molecule is O=C(/C=C\C(=O)ON1CCCCC1)OCCCC(c1ccccc1)c1ccccc1. The van der Waals surface area contributed by atoms with Crippen LogP contribution in [0, 0.1) is 0 Å². The molecule has 2 aromatic rings. The molecule has 0 spiro atoms. The van der Waals surface area contributed by atoms with Gasteiger partial charge >= 0.3 is 11.9 Å². The summed E-state index contributed by atoms with van der Waals surface area (Å²) in [6, 6.07) is 20.7. The van der Waals surface area contributed by atoms with Crippen LogP contribution in [0.25, 0.3) is 0 Å². The maximum atomic E-state index is 11.9. The maximum absolute atomic E-state index is 11.9. The average molecular weight is 408 g/mol. The van der Waals surface area contributed by atoms with Gasteiger partial charge in [0.1, 0.15) is 0 Å². The summed E-state index contributed by atoms with van der Waals surface area (Å²) in [4.78, 5) is 28.9. The summed E-state index contributed by atoms with van der Waals surface area (Å²) in [7, 11) is 0. The molecule has 1 aliphatic heterocycles. The van der Waals surface area contributed by atoms with Gasteiger partial charge in [0.2, 0.25) is 0 Å². The zero-order valence-corrected chi connectivity index (χ0v) is 17.2. The molecule has 30 heavy (non-hydrogen) atoms. The summed E-state index contributed by atoms with van der Waals surface area (Å²) in [6.45, 7) is 1.79. The van der Waals surface area contributed by atoms with Gasteiger partial charge in [-0.3, -0.25) is 0 Å².